The van der Waals surface area contributed by atoms with E-state index in [0.717, 1.165) is 16.3 Å². The fourth-order valence-electron chi connectivity index (χ4n) is 2.92. The molecule has 21 heavy (non-hydrogen) atoms. The molecule has 1 saturated heterocycles. The molecule has 0 radical (unpaired) electrons. The number of aryl methyl sites for hydroxylation is 1. The molecule has 2 amide bonds. The van der Waals surface area contributed by atoms with Crippen molar-refractivity contribution in [3.63, 3.8) is 0 Å². The van der Waals surface area contributed by atoms with Gasteiger partial charge < -0.3 is 0 Å². The van der Waals surface area contributed by atoms with Crippen LogP contribution in [0.15, 0.2) is 12.2 Å². The molecule has 1 fully saturated rings. The number of piperidine rings is 1. The average molecular weight is 285 g/mol. The van der Waals surface area contributed by atoms with Gasteiger partial charge >= 0.3 is 0 Å². The highest BCUT2D eigenvalue weighted by molar-refractivity contribution is 6.00. The molecular weight excluding hydrogens is 266 g/mol. The molecule has 1 atom stereocenters. The Hall–Kier alpha value is -2.17. The molecule has 5 nitrogen and oxygen atoms in total. The van der Waals surface area contributed by atoms with E-state index in [-0.39, 0.29) is 23.1 Å². The molecule has 0 saturated carbocycles. The summed E-state index contributed by atoms with van der Waals surface area (Å²) in [5, 5.41) is 8.95. The first-order chi connectivity index (χ1) is 9.87. The van der Waals surface area contributed by atoms with Crippen LogP contribution in [-0.2, 0) is 16.6 Å². The number of carbonyl (C=O) groups is 2. The molecule has 2 heterocycles. The first kappa shape index (κ1) is 13.8. The van der Waals surface area contributed by atoms with Crippen LogP contribution in [0.1, 0.15) is 38.3 Å². The Morgan fingerprint density at radius 2 is 2.14 bits per heavy atom. The zero-order chi connectivity index (χ0) is 15.2. The Kier molecular flexibility index (Phi) is 3.08. The molecule has 5 heteroatoms. The molecule has 1 aromatic heterocycles. The van der Waals surface area contributed by atoms with Gasteiger partial charge in [0.1, 0.15) is 0 Å². The number of amides is 2. The summed E-state index contributed by atoms with van der Waals surface area (Å²) < 4.78 is 1.82. The zero-order valence-corrected chi connectivity index (χ0v) is 12.5. The van der Waals surface area contributed by atoms with Gasteiger partial charge in [0.25, 0.3) is 0 Å². The maximum atomic E-state index is 12.1. The van der Waals surface area contributed by atoms with Gasteiger partial charge in [-0.1, -0.05) is 32.1 Å². The molecule has 2 aliphatic rings. The summed E-state index contributed by atoms with van der Waals surface area (Å²) in [5.74, 6) is -0.792. The van der Waals surface area contributed by atoms with Crippen molar-refractivity contribution in [1.29, 1.82) is 0 Å². The predicted octanol–water partition coefficient (Wildman–Crippen LogP) is 0.0973. The van der Waals surface area contributed by atoms with Crippen molar-refractivity contribution >= 4 is 24.0 Å². The highest BCUT2D eigenvalue weighted by atomic mass is 16.2. The van der Waals surface area contributed by atoms with Crippen LogP contribution in [0, 0.1) is 5.41 Å². The first-order valence-corrected chi connectivity index (χ1v) is 7.16. The van der Waals surface area contributed by atoms with E-state index in [0.29, 0.717) is 12.8 Å². The summed E-state index contributed by atoms with van der Waals surface area (Å²) in [5.41, 5.74) is 0.702. The zero-order valence-electron chi connectivity index (χ0n) is 12.5. The van der Waals surface area contributed by atoms with E-state index in [9.17, 15) is 9.59 Å². The van der Waals surface area contributed by atoms with Gasteiger partial charge in [-0.05, 0) is 12.5 Å². The third kappa shape index (κ3) is 2.44. The second-order valence-corrected chi connectivity index (χ2v) is 6.30. The number of allylic oxidation sites excluding steroid dienone is 2. The molecule has 0 spiro atoms. The van der Waals surface area contributed by atoms with Crippen LogP contribution >= 0.6 is 0 Å². The molecule has 1 N–H and O–H groups in total. The third-order valence-electron chi connectivity index (χ3n) is 4.02. The molecule has 1 aliphatic carbocycles. The fourth-order valence-corrected chi connectivity index (χ4v) is 2.92. The maximum Gasteiger partial charge on any atom is 0.235 e. The quantitative estimate of drug-likeness (QED) is 0.744. The van der Waals surface area contributed by atoms with Crippen LogP contribution < -0.4 is 15.9 Å². The summed E-state index contributed by atoms with van der Waals surface area (Å²) in [6.45, 7) is 4.26. The van der Waals surface area contributed by atoms with Crippen LogP contribution in [0.4, 0.5) is 0 Å². The topological polar surface area (TPSA) is 64.0 Å². The molecule has 1 unspecified atom stereocenters. The van der Waals surface area contributed by atoms with Crippen LogP contribution in [0.2, 0.25) is 0 Å². The van der Waals surface area contributed by atoms with Crippen LogP contribution in [-0.4, -0.2) is 21.6 Å². The third-order valence-corrected chi connectivity index (χ3v) is 4.02. The van der Waals surface area contributed by atoms with E-state index in [1.807, 2.05) is 23.9 Å². The summed E-state index contributed by atoms with van der Waals surface area (Å²) in [4.78, 5) is 23.4. The standard InChI is InChI=1S/C16H19N3O2/c1-16(2)8-4-5-10-12(9-16)19(3)18-14(10)11-6-7-13(20)17-15(11)21/h4-5,8-9,11H,6-7H2,1-3H3,(H,17,20,21). The molecule has 0 bridgehead atoms. The van der Waals surface area contributed by atoms with E-state index >= 15 is 0 Å². The lowest BCUT2D eigenvalue weighted by Gasteiger charge is -2.18. The van der Waals surface area contributed by atoms with Crippen molar-refractivity contribution in [3.8, 4) is 0 Å². The molecule has 1 aromatic rings. The first-order valence-electron chi connectivity index (χ1n) is 7.16. The summed E-state index contributed by atoms with van der Waals surface area (Å²) in [6, 6.07) is 0. The van der Waals surface area contributed by atoms with Gasteiger partial charge in [-0.3, -0.25) is 19.6 Å². The summed E-state index contributed by atoms with van der Waals surface area (Å²) >= 11 is 0. The minimum absolute atomic E-state index is 0.0579. The lowest BCUT2D eigenvalue weighted by molar-refractivity contribution is -0.134. The number of fused-ring (bicyclic) bond motifs is 1. The monoisotopic (exact) mass is 285 g/mol. The number of hydrogen-bond acceptors (Lipinski definition) is 3. The molecule has 3 rings (SSSR count). The highest BCUT2D eigenvalue weighted by Crippen LogP contribution is 2.22. The Balaban J connectivity index is 2.16. The number of rotatable bonds is 1. The second-order valence-electron chi connectivity index (χ2n) is 6.30. The van der Waals surface area contributed by atoms with Crippen LogP contribution in [0.3, 0.4) is 0 Å². The lowest BCUT2D eigenvalue weighted by atomic mass is 9.92. The number of imide groups is 1. The van der Waals surface area contributed by atoms with Gasteiger partial charge in [-0.2, -0.15) is 5.10 Å². The highest BCUT2D eigenvalue weighted by Gasteiger charge is 2.31. The van der Waals surface area contributed by atoms with Crippen molar-refractivity contribution in [2.75, 3.05) is 0 Å². The largest absolute Gasteiger partial charge is 0.296 e. The van der Waals surface area contributed by atoms with Crippen molar-refractivity contribution in [3.05, 3.63) is 28.4 Å². The van der Waals surface area contributed by atoms with E-state index in [4.69, 9.17) is 0 Å². The van der Waals surface area contributed by atoms with Gasteiger partial charge in [-0.25, -0.2) is 0 Å². The lowest BCUT2D eigenvalue weighted by Crippen LogP contribution is -2.41. The van der Waals surface area contributed by atoms with Crippen molar-refractivity contribution < 1.29 is 9.59 Å². The van der Waals surface area contributed by atoms with E-state index in [1.165, 1.54) is 0 Å². The van der Waals surface area contributed by atoms with Crippen molar-refractivity contribution in [2.24, 2.45) is 12.5 Å². The number of nitrogens with zero attached hydrogens (tertiary/aromatic N) is 2. The van der Waals surface area contributed by atoms with E-state index in [2.05, 4.69) is 36.4 Å². The Morgan fingerprint density at radius 1 is 1.38 bits per heavy atom. The molecule has 110 valence electrons. The van der Waals surface area contributed by atoms with E-state index in [1.54, 1.807) is 0 Å². The normalized spacial score (nSPS) is 23.7. The molecule has 1 aliphatic heterocycles. The van der Waals surface area contributed by atoms with Gasteiger partial charge in [0.15, 0.2) is 0 Å². The molecular formula is C16H19N3O2. The second kappa shape index (κ2) is 4.69. The van der Waals surface area contributed by atoms with E-state index < -0.39 is 0 Å². The van der Waals surface area contributed by atoms with Gasteiger partial charge in [0, 0.05) is 24.1 Å². The van der Waals surface area contributed by atoms with Gasteiger partial charge in [0.05, 0.1) is 17.0 Å². The summed E-state index contributed by atoms with van der Waals surface area (Å²) in [7, 11) is 1.89. The van der Waals surface area contributed by atoms with Crippen molar-refractivity contribution in [2.45, 2.75) is 32.6 Å². The Bertz CT molecular complexity index is 768. The number of aromatic nitrogens is 2. The smallest absolute Gasteiger partial charge is 0.235 e. The molecule has 0 aromatic carbocycles. The van der Waals surface area contributed by atoms with Crippen molar-refractivity contribution in [1.82, 2.24) is 15.1 Å². The Labute approximate surface area is 123 Å². The number of hydrogen-bond donors (Lipinski definition) is 1. The SMILES string of the molecule is Cn1nc(C2CCC(=O)NC2=O)c2c1=CC(C)(C)C=CC=2. The van der Waals surface area contributed by atoms with Gasteiger partial charge in [-0.15, -0.1) is 0 Å². The average Bonchev–Trinajstić information content (AvgIpc) is 2.58. The fraction of sp³-hybridized carbons (Fsp3) is 0.438. The number of carbonyl (C=O) groups excluding carboxylic acids is 2. The minimum Gasteiger partial charge on any atom is -0.296 e. The maximum absolute atomic E-state index is 12.1. The van der Waals surface area contributed by atoms with Crippen LogP contribution in [0.5, 0.6) is 0 Å². The minimum atomic E-state index is -0.350. The predicted molar refractivity (Wildman–Crippen MR) is 79.4 cm³/mol. The van der Waals surface area contributed by atoms with Gasteiger partial charge in [0.2, 0.25) is 11.8 Å². The number of nitrogens with one attached hydrogen (secondary N) is 1. The Morgan fingerprint density at radius 3 is 2.86 bits per heavy atom. The summed E-state index contributed by atoms with van der Waals surface area (Å²) in [6.07, 6.45) is 9.19. The van der Waals surface area contributed by atoms with Crippen LogP contribution in [0.25, 0.3) is 12.2 Å².